The third kappa shape index (κ3) is 3.33. The number of nitrogens with zero attached hydrogens (tertiary/aromatic N) is 3. The van der Waals surface area contributed by atoms with Crippen molar-refractivity contribution in [1.82, 2.24) is 15.0 Å². The van der Waals surface area contributed by atoms with E-state index in [0.717, 1.165) is 5.56 Å². The molecule has 0 aliphatic carbocycles. The molecule has 3 aromatic rings. The molecule has 2 aromatic carbocycles. The van der Waals surface area contributed by atoms with Crippen LogP contribution in [0.1, 0.15) is 29.1 Å². The summed E-state index contributed by atoms with van der Waals surface area (Å²) in [6.07, 6.45) is -0.663. The average Bonchev–Trinajstić information content (AvgIpc) is 3.40. The first kappa shape index (κ1) is 17.7. The Morgan fingerprint density at radius 2 is 1.72 bits per heavy atom. The minimum Gasteiger partial charge on any atom is -0.485 e. The Kier molecular flexibility index (Phi) is 4.42. The van der Waals surface area contributed by atoms with E-state index in [2.05, 4.69) is 22.3 Å². The van der Waals surface area contributed by atoms with Gasteiger partial charge in [-0.05, 0) is 24.6 Å². The quantitative estimate of drug-likeness (QED) is 0.683. The number of amides is 1. The molecule has 2 aliphatic heterocycles. The standard InChI is InChI=1S/C22H21N3O4/c1-14-23-21(29-24-14)17-12-25(11-16(17)15-7-3-2-4-8-15)22(26)20-13-27-18-9-5-6-10-19(18)28-20/h2-10,16-17,20H,11-13H2,1H3/t16-,17-,20-/m1/s1. The van der Waals surface area contributed by atoms with Gasteiger partial charge in [0.15, 0.2) is 17.3 Å². The van der Waals surface area contributed by atoms with Crippen molar-refractivity contribution in [3.05, 3.63) is 71.9 Å². The maximum atomic E-state index is 13.2. The summed E-state index contributed by atoms with van der Waals surface area (Å²) in [4.78, 5) is 19.5. The zero-order valence-electron chi connectivity index (χ0n) is 16.0. The Bertz CT molecular complexity index is 1020. The minimum absolute atomic E-state index is 0.0562. The Balaban J connectivity index is 1.39. The predicted molar refractivity (Wildman–Crippen MR) is 104 cm³/mol. The lowest BCUT2D eigenvalue weighted by Gasteiger charge is -2.28. The van der Waals surface area contributed by atoms with Gasteiger partial charge in [0.25, 0.3) is 5.91 Å². The van der Waals surface area contributed by atoms with Crippen molar-refractivity contribution in [3.8, 4) is 11.5 Å². The van der Waals surface area contributed by atoms with Gasteiger partial charge >= 0.3 is 0 Å². The smallest absolute Gasteiger partial charge is 0.267 e. The summed E-state index contributed by atoms with van der Waals surface area (Å²) in [6.45, 7) is 3.07. The van der Waals surface area contributed by atoms with Gasteiger partial charge in [-0.3, -0.25) is 4.79 Å². The zero-order chi connectivity index (χ0) is 19.8. The Morgan fingerprint density at radius 1 is 1.00 bits per heavy atom. The molecule has 0 bridgehead atoms. The number of carbonyl (C=O) groups excluding carboxylic acids is 1. The normalized spacial score (nSPS) is 23.2. The summed E-state index contributed by atoms with van der Waals surface area (Å²) in [5.41, 5.74) is 1.15. The highest BCUT2D eigenvalue weighted by Gasteiger charge is 2.43. The number of fused-ring (bicyclic) bond motifs is 1. The first-order chi connectivity index (χ1) is 14.2. The van der Waals surface area contributed by atoms with E-state index in [1.807, 2.05) is 47.4 Å². The highest BCUT2D eigenvalue weighted by Crippen LogP contribution is 2.40. The van der Waals surface area contributed by atoms with Crippen molar-refractivity contribution in [3.63, 3.8) is 0 Å². The lowest BCUT2D eigenvalue weighted by molar-refractivity contribution is -0.140. The molecule has 0 saturated carbocycles. The summed E-state index contributed by atoms with van der Waals surface area (Å²) >= 11 is 0. The van der Waals surface area contributed by atoms with Gasteiger partial charge in [0.05, 0.1) is 5.92 Å². The summed E-state index contributed by atoms with van der Waals surface area (Å²) < 4.78 is 17.1. The van der Waals surface area contributed by atoms with Crippen LogP contribution >= 0.6 is 0 Å². The highest BCUT2D eigenvalue weighted by atomic mass is 16.6. The van der Waals surface area contributed by atoms with Crippen molar-refractivity contribution in [2.45, 2.75) is 24.9 Å². The fourth-order valence-corrected chi connectivity index (χ4v) is 4.08. The summed E-state index contributed by atoms with van der Waals surface area (Å²) in [7, 11) is 0. The maximum Gasteiger partial charge on any atom is 0.267 e. The number of hydrogen-bond acceptors (Lipinski definition) is 6. The van der Waals surface area contributed by atoms with Crippen LogP contribution in [0.2, 0.25) is 0 Å². The summed E-state index contributed by atoms with van der Waals surface area (Å²) in [5, 5.41) is 3.94. The molecule has 148 valence electrons. The third-order valence-electron chi connectivity index (χ3n) is 5.50. The molecule has 0 radical (unpaired) electrons. The first-order valence-corrected chi connectivity index (χ1v) is 9.71. The van der Waals surface area contributed by atoms with Gasteiger partial charge in [0.2, 0.25) is 12.0 Å². The van der Waals surface area contributed by atoms with Crippen molar-refractivity contribution >= 4 is 5.91 Å². The molecular weight excluding hydrogens is 370 g/mol. The Hall–Kier alpha value is -3.35. The second-order valence-electron chi connectivity index (χ2n) is 7.41. The van der Waals surface area contributed by atoms with Gasteiger partial charge in [-0.25, -0.2) is 0 Å². The van der Waals surface area contributed by atoms with E-state index in [-0.39, 0.29) is 24.3 Å². The number of carbonyl (C=O) groups is 1. The molecule has 3 atom stereocenters. The molecular formula is C22H21N3O4. The van der Waals surface area contributed by atoms with Crippen LogP contribution < -0.4 is 9.47 Å². The highest BCUT2D eigenvalue weighted by molar-refractivity contribution is 5.82. The van der Waals surface area contributed by atoms with Gasteiger partial charge in [-0.1, -0.05) is 47.6 Å². The fourth-order valence-electron chi connectivity index (χ4n) is 4.08. The number of rotatable bonds is 3. The minimum atomic E-state index is -0.663. The number of likely N-dealkylation sites (tertiary alicyclic amines) is 1. The number of ether oxygens (including phenoxy) is 2. The van der Waals surface area contributed by atoms with E-state index >= 15 is 0 Å². The van der Waals surface area contributed by atoms with Crippen LogP contribution in [-0.4, -0.2) is 46.7 Å². The van der Waals surface area contributed by atoms with Gasteiger partial charge < -0.3 is 18.9 Å². The molecule has 1 aromatic heterocycles. The monoisotopic (exact) mass is 391 g/mol. The lowest BCUT2D eigenvalue weighted by Crippen LogP contribution is -2.45. The first-order valence-electron chi connectivity index (χ1n) is 9.71. The van der Waals surface area contributed by atoms with Crippen LogP contribution in [0, 0.1) is 6.92 Å². The predicted octanol–water partition coefficient (Wildman–Crippen LogP) is 2.93. The van der Waals surface area contributed by atoms with E-state index in [1.54, 1.807) is 6.92 Å². The molecule has 1 amide bonds. The molecule has 1 fully saturated rings. The number of benzene rings is 2. The topological polar surface area (TPSA) is 77.7 Å². The Morgan fingerprint density at radius 3 is 2.48 bits per heavy atom. The number of aryl methyl sites for hydroxylation is 1. The van der Waals surface area contributed by atoms with Crippen LogP contribution in [0.15, 0.2) is 59.1 Å². The third-order valence-corrected chi connectivity index (χ3v) is 5.50. The zero-order valence-corrected chi connectivity index (χ0v) is 16.0. The molecule has 7 nitrogen and oxygen atoms in total. The molecule has 29 heavy (non-hydrogen) atoms. The van der Waals surface area contributed by atoms with Crippen molar-refractivity contribution < 1.29 is 18.8 Å². The van der Waals surface area contributed by atoms with Crippen LogP contribution in [-0.2, 0) is 4.79 Å². The Labute approximate surface area is 168 Å². The number of hydrogen-bond donors (Lipinski definition) is 0. The summed E-state index contributed by atoms with van der Waals surface area (Å²) in [6, 6.07) is 17.5. The molecule has 2 aliphatic rings. The molecule has 1 saturated heterocycles. The molecule has 0 N–H and O–H groups in total. The van der Waals surface area contributed by atoms with E-state index in [0.29, 0.717) is 36.3 Å². The van der Waals surface area contributed by atoms with E-state index in [9.17, 15) is 4.79 Å². The maximum absolute atomic E-state index is 13.2. The lowest BCUT2D eigenvalue weighted by atomic mass is 9.89. The SMILES string of the molecule is Cc1noc([C@@H]2CN(C(=O)[C@H]3COc4ccccc4O3)C[C@@H]2c2ccccc2)n1. The van der Waals surface area contributed by atoms with E-state index < -0.39 is 6.10 Å². The van der Waals surface area contributed by atoms with Gasteiger partial charge in [0.1, 0.15) is 6.61 Å². The van der Waals surface area contributed by atoms with Crippen molar-refractivity contribution in [2.24, 2.45) is 0 Å². The van der Waals surface area contributed by atoms with Crippen LogP contribution in [0.5, 0.6) is 11.5 Å². The van der Waals surface area contributed by atoms with E-state index in [4.69, 9.17) is 14.0 Å². The fraction of sp³-hybridized carbons (Fsp3) is 0.318. The molecule has 0 spiro atoms. The van der Waals surface area contributed by atoms with Crippen LogP contribution in [0.4, 0.5) is 0 Å². The largest absolute Gasteiger partial charge is 0.485 e. The van der Waals surface area contributed by atoms with E-state index in [1.165, 1.54) is 0 Å². The van der Waals surface area contributed by atoms with Crippen molar-refractivity contribution in [2.75, 3.05) is 19.7 Å². The second kappa shape index (κ2) is 7.24. The van der Waals surface area contributed by atoms with Crippen molar-refractivity contribution in [1.29, 1.82) is 0 Å². The van der Waals surface area contributed by atoms with Gasteiger partial charge in [-0.15, -0.1) is 0 Å². The number of aromatic nitrogens is 2. The van der Waals surface area contributed by atoms with Crippen LogP contribution in [0.25, 0.3) is 0 Å². The number of para-hydroxylation sites is 2. The van der Waals surface area contributed by atoms with Gasteiger partial charge in [0, 0.05) is 19.0 Å². The average molecular weight is 391 g/mol. The molecule has 7 heteroatoms. The van der Waals surface area contributed by atoms with Gasteiger partial charge in [-0.2, -0.15) is 4.98 Å². The molecule has 3 heterocycles. The summed E-state index contributed by atoms with van der Waals surface area (Å²) in [5.74, 6) is 2.37. The second-order valence-corrected chi connectivity index (χ2v) is 7.41. The molecule has 5 rings (SSSR count). The van der Waals surface area contributed by atoms with Crippen LogP contribution in [0.3, 0.4) is 0 Å². The molecule has 0 unspecified atom stereocenters.